The highest BCUT2D eigenvalue weighted by Crippen LogP contribution is 2.62. The van der Waals surface area contributed by atoms with Gasteiger partial charge in [-0.05, 0) is 98.1 Å². The van der Waals surface area contributed by atoms with Crippen molar-refractivity contribution in [2.75, 3.05) is 33.5 Å². The molecule has 15 heteroatoms. The van der Waals surface area contributed by atoms with Gasteiger partial charge in [0, 0.05) is 62.4 Å². The van der Waals surface area contributed by atoms with Crippen LogP contribution in [0.4, 0.5) is 11.4 Å². The lowest BCUT2D eigenvalue weighted by Gasteiger charge is -2.59. The summed E-state index contributed by atoms with van der Waals surface area (Å²) in [5, 5.41) is 47.1. The number of fused-ring (bicyclic) bond motifs is 2. The predicted molar refractivity (Wildman–Crippen MR) is 225 cm³/mol. The molecule has 15 nitrogen and oxygen atoms in total. The molecule has 6 rings (SSSR count). The van der Waals surface area contributed by atoms with Crippen LogP contribution in [0.2, 0.25) is 0 Å². The summed E-state index contributed by atoms with van der Waals surface area (Å²) in [6, 6.07) is 16.6. The topological polar surface area (TPSA) is 196 Å². The average molecular weight is 825 g/mol. The van der Waals surface area contributed by atoms with Gasteiger partial charge >= 0.3 is 0 Å². The van der Waals surface area contributed by atoms with Crippen molar-refractivity contribution in [1.29, 1.82) is 0 Å². The molecule has 6 atom stereocenters. The molecular weight excluding hydrogens is 773 g/mol. The van der Waals surface area contributed by atoms with Crippen LogP contribution in [0.25, 0.3) is 6.08 Å². The minimum atomic E-state index is -1.47. The third-order valence-corrected chi connectivity index (χ3v) is 11.6. The van der Waals surface area contributed by atoms with Gasteiger partial charge in [-0.15, -0.1) is 6.58 Å². The maximum absolute atomic E-state index is 14.2. The lowest BCUT2D eigenvalue weighted by Crippen LogP contribution is -2.69. The average Bonchev–Trinajstić information content (AvgIpc) is 3.25. The van der Waals surface area contributed by atoms with E-state index < -0.39 is 27.6 Å². The molecular formula is C45H52N4O11. The number of oxime groups is 1. The molecule has 1 fully saturated rings. The zero-order valence-corrected chi connectivity index (χ0v) is 33.9. The molecule has 2 aliphatic carbocycles. The lowest BCUT2D eigenvalue weighted by atomic mass is 9.55. The van der Waals surface area contributed by atoms with Crippen molar-refractivity contribution < 1.29 is 43.9 Å². The molecule has 0 bridgehead atoms. The van der Waals surface area contributed by atoms with Crippen LogP contribution in [-0.4, -0.2) is 81.9 Å². The van der Waals surface area contributed by atoms with Crippen LogP contribution in [0, 0.1) is 38.0 Å². The zero-order chi connectivity index (χ0) is 42.8. The summed E-state index contributed by atoms with van der Waals surface area (Å²) in [5.74, 6) is -1.44. The molecule has 3 aliphatic rings. The van der Waals surface area contributed by atoms with Crippen LogP contribution in [-0.2, 0) is 14.4 Å². The van der Waals surface area contributed by atoms with Gasteiger partial charge in [0.05, 0.1) is 34.1 Å². The van der Waals surface area contributed by atoms with E-state index in [1.54, 1.807) is 60.5 Å². The van der Waals surface area contributed by atoms with E-state index in [0.29, 0.717) is 48.0 Å². The molecule has 0 spiro atoms. The molecule has 1 heterocycles. The first kappa shape index (κ1) is 43.7. The summed E-state index contributed by atoms with van der Waals surface area (Å²) >= 11 is 0. The van der Waals surface area contributed by atoms with Crippen molar-refractivity contribution in [3.8, 4) is 17.2 Å². The van der Waals surface area contributed by atoms with Crippen molar-refractivity contribution in [2.24, 2.45) is 22.9 Å². The van der Waals surface area contributed by atoms with Crippen molar-refractivity contribution in [3.05, 3.63) is 128 Å². The summed E-state index contributed by atoms with van der Waals surface area (Å²) in [6.07, 6.45) is 11.4. The molecule has 3 aromatic carbocycles. The number of hydrogen-bond donors (Lipinski definition) is 2. The Bertz CT molecular complexity index is 2120. The van der Waals surface area contributed by atoms with Gasteiger partial charge in [-0.1, -0.05) is 36.2 Å². The second kappa shape index (κ2) is 19.9. The number of benzene rings is 3. The van der Waals surface area contributed by atoms with Crippen LogP contribution < -0.4 is 9.47 Å². The summed E-state index contributed by atoms with van der Waals surface area (Å²) in [6.45, 7) is 6.29. The van der Waals surface area contributed by atoms with Crippen molar-refractivity contribution in [2.45, 2.75) is 69.6 Å². The number of nitrogens with zero attached hydrogens (tertiary/aromatic N) is 4. The lowest BCUT2D eigenvalue weighted by molar-refractivity contribution is -0.385. The van der Waals surface area contributed by atoms with E-state index in [-0.39, 0.29) is 61.3 Å². The Balaban J connectivity index is 1.52. The maximum Gasteiger partial charge on any atom is 0.273 e. The van der Waals surface area contributed by atoms with Crippen LogP contribution >= 0.6 is 0 Å². The number of rotatable bonds is 20. The Morgan fingerprint density at radius 3 is 2.38 bits per heavy atom. The number of unbranched alkanes of at least 4 members (excludes halogenated alkanes) is 2. The number of allylic oxidation sites excluding steroid dienone is 1. The third kappa shape index (κ3) is 9.43. The Morgan fingerprint density at radius 1 is 0.983 bits per heavy atom. The fourth-order valence-corrected chi connectivity index (χ4v) is 8.88. The fourth-order valence-electron chi connectivity index (χ4n) is 8.88. The molecule has 1 aliphatic heterocycles. The number of nitro benzene ring substituents is 2. The van der Waals surface area contributed by atoms with Gasteiger partial charge in [-0.3, -0.25) is 25.0 Å². The van der Waals surface area contributed by atoms with Gasteiger partial charge in [0.1, 0.15) is 29.9 Å². The number of amides is 1. The van der Waals surface area contributed by atoms with Crippen LogP contribution in [0.3, 0.4) is 0 Å². The molecule has 0 aromatic heterocycles. The van der Waals surface area contributed by atoms with Gasteiger partial charge < -0.3 is 34.2 Å². The van der Waals surface area contributed by atoms with Gasteiger partial charge in [0.25, 0.3) is 11.4 Å². The number of ether oxygens (including phenoxy) is 3. The summed E-state index contributed by atoms with van der Waals surface area (Å²) in [5.41, 5.74) is 2.78. The Labute approximate surface area is 348 Å². The normalized spacial score (nSPS) is 23.5. The third-order valence-electron chi connectivity index (χ3n) is 11.6. The number of non-ortho nitro benzene ring substituents is 2. The van der Waals surface area contributed by atoms with Crippen molar-refractivity contribution in [3.63, 3.8) is 0 Å². The van der Waals surface area contributed by atoms with Crippen molar-refractivity contribution >= 4 is 29.1 Å². The second-order valence-corrected chi connectivity index (χ2v) is 15.2. The molecule has 318 valence electrons. The number of aliphatic hydroxyl groups is 2. The zero-order valence-electron chi connectivity index (χ0n) is 33.9. The molecule has 60 heavy (non-hydrogen) atoms. The molecule has 3 aromatic rings. The standard InChI is InChI=1S/C45H52N4O11/c1-4-25-57-45-41(47(3)42(52)22-17-30-15-18-32(19-16-30)48(53)54)29-39(46-58-5-2)37-26-31(11-6-8-23-50)36(14-7-9-24-51)43(44(37)45)38-28-35(20-21-40(38)60-45)59-34-13-10-12-33(27-34)49(55)56/h4,10,12-13,15-22,26-28,31,36,41,43-44,50-51H,1,5-9,11,14,23-25,29H2,2-3H3/t31-,36+,41-,43+,44+,45+/m0/s1. The summed E-state index contributed by atoms with van der Waals surface area (Å²) in [4.78, 5) is 43.4. The van der Waals surface area contributed by atoms with Gasteiger partial charge in [-0.2, -0.15) is 0 Å². The van der Waals surface area contributed by atoms with E-state index in [1.165, 1.54) is 30.3 Å². The van der Waals surface area contributed by atoms with E-state index in [4.69, 9.17) is 19.0 Å². The van der Waals surface area contributed by atoms with Crippen LogP contribution in [0.15, 0.2) is 102 Å². The highest BCUT2D eigenvalue weighted by molar-refractivity contribution is 6.03. The summed E-state index contributed by atoms with van der Waals surface area (Å²) in [7, 11) is 1.68. The molecule has 1 amide bonds. The summed E-state index contributed by atoms with van der Waals surface area (Å²) < 4.78 is 20.3. The first-order valence-corrected chi connectivity index (χ1v) is 20.4. The molecule has 0 radical (unpaired) electrons. The van der Waals surface area contributed by atoms with Gasteiger partial charge in [0.2, 0.25) is 11.7 Å². The van der Waals surface area contributed by atoms with Gasteiger partial charge in [-0.25, -0.2) is 0 Å². The largest absolute Gasteiger partial charge is 0.459 e. The molecule has 0 saturated heterocycles. The number of carbonyl (C=O) groups excluding carboxylic acids is 1. The fraction of sp³-hybridized carbons (Fsp3) is 0.422. The highest BCUT2D eigenvalue weighted by atomic mass is 16.7. The predicted octanol–water partition coefficient (Wildman–Crippen LogP) is 8.12. The highest BCUT2D eigenvalue weighted by Gasteiger charge is 2.65. The minimum absolute atomic E-state index is 0.0169. The number of hydrogen-bond acceptors (Lipinski definition) is 12. The molecule has 0 unspecified atom stereocenters. The van der Waals surface area contributed by atoms with E-state index in [2.05, 4.69) is 17.8 Å². The van der Waals surface area contributed by atoms with Crippen LogP contribution in [0.1, 0.15) is 68.9 Å². The number of aliphatic hydroxyl groups excluding tert-OH is 2. The minimum Gasteiger partial charge on any atom is -0.459 e. The van der Waals surface area contributed by atoms with E-state index in [1.807, 2.05) is 13.0 Å². The number of nitro groups is 2. The van der Waals surface area contributed by atoms with Crippen LogP contribution in [0.5, 0.6) is 17.2 Å². The smallest absolute Gasteiger partial charge is 0.273 e. The molecule has 2 N–H and O–H groups in total. The number of carbonyl (C=O) groups is 1. The molecule has 1 saturated carbocycles. The van der Waals surface area contributed by atoms with E-state index >= 15 is 0 Å². The van der Waals surface area contributed by atoms with E-state index in [0.717, 1.165) is 36.8 Å². The SMILES string of the molecule is C=CCO[C@@]12Oc3ccc(Oc4cccc([N+](=O)[O-])c4)cc3[C@H]3[C@H](CCCCO)[C@@H](CCCCO)C=C(C(=NOCC)C[C@@H]1N(C)C(=O)C=Cc1ccc([N+](=O)[O-])cc1)[C@H]32. The number of likely N-dealkylation sites (N-methyl/N-ethyl adjacent to an activating group) is 1. The quantitative estimate of drug-likeness (QED) is 0.0367. The maximum atomic E-state index is 14.2. The van der Waals surface area contributed by atoms with E-state index in [9.17, 15) is 35.2 Å². The van der Waals surface area contributed by atoms with Crippen molar-refractivity contribution in [1.82, 2.24) is 4.90 Å². The first-order chi connectivity index (χ1) is 29.0. The first-order valence-electron chi connectivity index (χ1n) is 20.4. The Morgan fingerprint density at radius 2 is 1.70 bits per heavy atom. The Kier molecular flexibility index (Phi) is 14.5. The second-order valence-electron chi connectivity index (χ2n) is 15.2. The monoisotopic (exact) mass is 824 g/mol. The van der Waals surface area contributed by atoms with Gasteiger partial charge in [0.15, 0.2) is 0 Å². The Hall–Kier alpha value is -5.90.